The highest BCUT2D eigenvalue weighted by molar-refractivity contribution is 5.63. The van der Waals surface area contributed by atoms with E-state index < -0.39 is 0 Å². The van der Waals surface area contributed by atoms with Crippen molar-refractivity contribution in [2.45, 2.75) is 20.3 Å². The van der Waals surface area contributed by atoms with Gasteiger partial charge in [0.1, 0.15) is 0 Å². The third kappa shape index (κ3) is 2.43. The van der Waals surface area contributed by atoms with Gasteiger partial charge in [0, 0.05) is 11.4 Å². The third-order valence-electron chi connectivity index (χ3n) is 2.69. The number of nitrogens with one attached hydrogen (secondary N) is 1. The van der Waals surface area contributed by atoms with Crippen LogP contribution in [0.2, 0.25) is 0 Å². The van der Waals surface area contributed by atoms with E-state index in [-0.39, 0.29) is 0 Å². The van der Waals surface area contributed by atoms with E-state index in [1.807, 2.05) is 18.2 Å². The molecule has 0 saturated carbocycles. The fourth-order valence-electron chi connectivity index (χ4n) is 1.81. The molecule has 1 heteroatoms. The van der Waals surface area contributed by atoms with Crippen LogP contribution in [0.5, 0.6) is 0 Å². The first kappa shape index (κ1) is 10.7. The maximum Gasteiger partial charge on any atom is 0.0416 e. The Bertz CT molecular complexity index is 460. The number of aryl methyl sites for hydroxylation is 2. The Morgan fingerprint density at radius 1 is 1.00 bits per heavy atom. The van der Waals surface area contributed by atoms with E-state index in [1.54, 1.807) is 0 Å². The van der Waals surface area contributed by atoms with Crippen LogP contribution >= 0.6 is 0 Å². The molecular weight excluding hydrogens is 194 g/mol. The molecule has 0 atom stereocenters. The van der Waals surface area contributed by atoms with Crippen molar-refractivity contribution in [2.24, 2.45) is 0 Å². The van der Waals surface area contributed by atoms with Gasteiger partial charge in [-0.2, -0.15) is 0 Å². The third-order valence-corrected chi connectivity index (χ3v) is 2.69. The van der Waals surface area contributed by atoms with Gasteiger partial charge in [0.15, 0.2) is 0 Å². The van der Waals surface area contributed by atoms with Crippen LogP contribution < -0.4 is 5.32 Å². The van der Waals surface area contributed by atoms with Crippen molar-refractivity contribution in [3.63, 3.8) is 0 Å². The molecule has 2 aromatic carbocycles. The maximum atomic E-state index is 3.45. The minimum Gasteiger partial charge on any atom is -0.355 e. The minimum absolute atomic E-state index is 1.05. The Morgan fingerprint density at radius 3 is 2.44 bits per heavy atom. The highest BCUT2D eigenvalue weighted by atomic mass is 14.9. The van der Waals surface area contributed by atoms with E-state index in [2.05, 4.69) is 49.5 Å². The fourth-order valence-corrected chi connectivity index (χ4v) is 1.81. The standard InChI is InChI=1S/C15H17N/c1-3-13-11-12(2)9-10-15(13)16-14-7-5-4-6-8-14/h4-11,16H,3H2,1-2H3. The van der Waals surface area contributed by atoms with E-state index >= 15 is 0 Å². The zero-order valence-corrected chi connectivity index (χ0v) is 9.83. The van der Waals surface area contributed by atoms with Crippen molar-refractivity contribution in [1.29, 1.82) is 0 Å². The summed E-state index contributed by atoms with van der Waals surface area (Å²) in [5.41, 5.74) is 5.03. The predicted molar refractivity (Wildman–Crippen MR) is 70.3 cm³/mol. The van der Waals surface area contributed by atoms with Gasteiger partial charge in [-0.3, -0.25) is 0 Å². The normalized spacial score (nSPS) is 10.1. The summed E-state index contributed by atoms with van der Waals surface area (Å²) in [6.45, 7) is 4.32. The number of rotatable bonds is 3. The molecule has 0 amide bonds. The molecule has 1 N–H and O–H groups in total. The Hall–Kier alpha value is -1.76. The molecule has 0 bridgehead atoms. The molecule has 0 fully saturated rings. The summed E-state index contributed by atoms with van der Waals surface area (Å²) >= 11 is 0. The molecule has 0 aliphatic heterocycles. The first-order valence-electron chi connectivity index (χ1n) is 5.71. The summed E-state index contributed by atoms with van der Waals surface area (Å²) < 4.78 is 0. The Morgan fingerprint density at radius 2 is 1.75 bits per heavy atom. The van der Waals surface area contributed by atoms with Crippen molar-refractivity contribution in [2.75, 3.05) is 5.32 Å². The predicted octanol–water partition coefficient (Wildman–Crippen LogP) is 4.30. The van der Waals surface area contributed by atoms with Gasteiger partial charge in [-0.05, 0) is 37.1 Å². The SMILES string of the molecule is CCc1cc(C)ccc1Nc1ccccc1. The van der Waals surface area contributed by atoms with Crippen LogP contribution in [0.15, 0.2) is 48.5 Å². The molecule has 2 rings (SSSR count). The van der Waals surface area contributed by atoms with E-state index in [4.69, 9.17) is 0 Å². The van der Waals surface area contributed by atoms with Crippen molar-refractivity contribution >= 4 is 11.4 Å². The van der Waals surface area contributed by atoms with Gasteiger partial charge < -0.3 is 5.32 Å². The van der Waals surface area contributed by atoms with Crippen molar-refractivity contribution in [3.05, 3.63) is 59.7 Å². The molecule has 82 valence electrons. The van der Waals surface area contributed by atoms with Gasteiger partial charge in [0.25, 0.3) is 0 Å². The first-order chi connectivity index (χ1) is 7.79. The summed E-state index contributed by atoms with van der Waals surface area (Å²) in [6, 6.07) is 16.8. The molecule has 1 nitrogen and oxygen atoms in total. The van der Waals surface area contributed by atoms with Crippen molar-refractivity contribution in [3.8, 4) is 0 Å². The van der Waals surface area contributed by atoms with Crippen molar-refractivity contribution < 1.29 is 0 Å². The summed E-state index contributed by atoms with van der Waals surface area (Å²) in [7, 11) is 0. The lowest BCUT2D eigenvalue weighted by Gasteiger charge is -2.11. The molecule has 0 unspecified atom stereocenters. The number of benzene rings is 2. The van der Waals surface area contributed by atoms with Crippen LogP contribution in [0.1, 0.15) is 18.1 Å². The lowest BCUT2D eigenvalue weighted by atomic mass is 10.1. The number of hydrogen-bond acceptors (Lipinski definition) is 1. The van der Waals surface area contributed by atoms with E-state index in [0.29, 0.717) is 0 Å². The zero-order valence-electron chi connectivity index (χ0n) is 9.83. The second-order valence-corrected chi connectivity index (χ2v) is 4.01. The van der Waals surface area contributed by atoms with Crippen LogP contribution in [0, 0.1) is 6.92 Å². The summed E-state index contributed by atoms with van der Waals surface area (Å²) in [4.78, 5) is 0. The average Bonchev–Trinajstić information content (AvgIpc) is 2.33. The fraction of sp³-hybridized carbons (Fsp3) is 0.200. The Kier molecular flexibility index (Phi) is 3.25. The summed E-state index contributed by atoms with van der Waals surface area (Å²) in [5.74, 6) is 0. The number of hydrogen-bond donors (Lipinski definition) is 1. The van der Waals surface area contributed by atoms with Gasteiger partial charge in [0.05, 0.1) is 0 Å². The highest BCUT2D eigenvalue weighted by Gasteiger charge is 2.00. The van der Waals surface area contributed by atoms with Gasteiger partial charge >= 0.3 is 0 Å². The Labute approximate surface area is 97.1 Å². The maximum absolute atomic E-state index is 3.45. The van der Waals surface area contributed by atoms with Gasteiger partial charge in [0.2, 0.25) is 0 Å². The lowest BCUT2D eigenvalue weighted by Crippen LogP contribution is -1.95. The van der Waals surface area contributed by atoms with Crippen molar-refractivity contribution in [1.82, 2.24) is 0 Å². The van der Waals surface area contributed by atoms with Crippen LogP contribution in [0.25, 0.3) is 0 Å². The molecule has 2 aromatic rings. The molecule has 0 radical (unpaired) electrons. The monoisotopic (exact) mass is 211 g/mol. The molecule has 0 spiro atoms. The minimum atomic E-state index is 1.05. The van der Waals surface area contributed by atoms with E-state index in [9.17, 15) is 0 Å². The molecule has 0 aromatic heterocycles. The second-order valence-electron chi connectivity index (χ2n) is 4.01. The molecular formula is C15H17N. The zero-order chi connectivity index (χ0) is 11.4. The molecule has 0 saturated heterocycles. The van der Waals surface area contributed by atoms with Gasteiger partial charge in [-0.15, -0.1) is 0 Å². The lowest BCUT2D eigenvalue weighted by molar-refractivity contribution is 1.13. The quantitative estimate of drug-likeness (QED) is 0.798. The molecule has 16 heavy (non-hydrogen) atoms. The smallest absolute Gasteiger partial charge is 0.0416 e. The number of para-hydroxylation sites is 1. The average molecular weight is 211 g/mol. The van der Waals surface area contributed by atoms with Gasteiger partial charge in [-0.1, -0.05) is 42.8 Å². The molecule has 0 aliphatic carbocycles. The highest BCUT2D eigenvalue weighted by Crippen LogP contribution is 2.22. The Balaban J connectivity index is 2.28. The summed E-state index contributed by atoms with van der Waals surface area (Å²) in [6.07, 6.45) is 1.05. The number of anilines is 2. The summed E-state index contributed by atoms with van der Waals surface area (Å²) in [5, 5.41) is 3.45. The molecule has 0 heterocycles. The van der Waals surface area contributed by atoms with E-state index in [0.717, 1.165) is 12.1 Å². The van der Waals surface area contributed by atoms with Crippen LogP contribution in [-0.2, 0) is 6.42 Å². The van der Waals surface area contributed by atoms with Crippen LogP contribution in [0.4, 0.5) is 11.4 Å². The van der Waals surface area contributed by atoms with Crippen LogP contribution in [-0.4, -0.2) is 0 Å². The first-order valence-corrected chi connectivity index (χ1v) is 5.71. The largest absolute Gasteiger partial charge is 0.355 e. The topological polar surface area (TPSA) is 12.0 Å². The molecule has 0 aliphatic rings. The van der Waals surface area contributed by atoms with Crippen LogP contribution in [0.3, 0.4) is 0 Å². The second kappa shape index (κ2) is 4.84. The van der Waals surface area contributed by atoms with Gasteiger partial charge in [-0.25, -0.2) is 0 Å². The van der Waals surface area contributed by atoms with E-state index in [1.165, 1.54) is 16.8 Å².